The lowest BCUT2D eigenvalue weighted by Gasteiger charge is -1.74. The molecule has 74 valence electrons. The van der Waals surface area contributed by atoms with Crippen molar-refractivity contribution in [1.82, 2.24) is 0 Å². The maximum atomic E-state index is 9.55. The molecule has 0 amide bonds. The molecular weight excluding hydrogens is 184 g/mol. The van der Waals surface area contributed by atoms with Crippen molar-refractivity contribution in [3.05, 3.63) is 12.2 Å². The summed E-state index contributed by atoms with van der Waals surface area (Å²) < 4.78 is 0. The Balaban J connectivity index is 0. The molecule has 7 heteroatoms. The third-order valence-electron chi connectivity index (χ3n) is 0.504. The predicted octanol–water partition coefficient (Wildman–Crippen LogP) is -1.22. The van der Waals surface area contributed by atoms with Crippen molar-refractivity contribution in [1.29, 1.82) is 0 Å². The van der Waals surface area contributed by atoms with Gasteiger partial charge in [0.15, 0.2) is 0 Å². The Morgan fingerprint density at radius 1 is 0.923 bits per heavy atom. The molecule has 13 heavy (non-hydrogen) atoms. The fourth-order valence-electron chi connectivity index (χ4n) is 0.143. The average Bonchev–Trinajstić information content (AvgIpc) is 2.02. The highest BCUT2D eigenvalue weighted by atomic mass is 16.4. The van der Waals surface area contributed by atoms with Gasteiger partial charge in [-0.2, -0.15) is 0 Å². The van der Waals surface area contributed by atoms with Gasteiger partial charge in [-0.25, -0.2) is 14.4 Å². The SMILES string of the molecule is O=C(O)C=CC(=O)O.O=C(O)CO. The zero-order valence-corrected chi connectivity index (χ0v) is 6.38. The first-order valence-corrected chi connectivity index (χ1v) is 2.86. The molecule has 0 aliphatic rings. The van der Waals surface area contributed by atoms with E-state index in [0.717, 1.165) is 0 Å². The van der Waals surface area contributed by atoms with Gasteiger partial charge in [0.2, 0.25) is 0 Å². The van der Waals surface area contributed by atoms with Crippen molar-refractivity contribution in [3.8, 4) is 0 Å². The number of aliphatic hydroxyl groups excluding tert-OH is 1. The quantitative estimate of drug-likeness (QED) is 0.411. The number of carboxylic acid groups (broad SMARTS) is 3. The van der Waals surface area contributed by atoms with Crippen molar-refractivity contribution in [3.63, 3.8) is 0 Å². The summed E-state index contributed by atoms with van der Waals surface area (Å²) in [7, 11) is 0. The third-order valence-corrected chi connectivity index (χ3v) is 0.504. The van der Waals surface area contributed by atoms with Crippen LogP contribution in [0.15, 0.2) is 12.2 Å². The number of carbonyl (C=O) groups is 3. The van der Waals surface area contributed by atoms with E-state index in [9.17, 15) is 9.59 Å². The second-order valence-corrected chi connectivity index (χ2v) is 1.56. The smallest absolute Gasteiger partial charge is 0.329 e. The molecule has 0 unspecified atom stereocenters. The van der Waals surface area contributed by atoms with Crippen molar-refractivity contribution >= 4 is 17.9 Å². The van der Waals surface area contributed by atoms with E-state index in [1.807, 2.05) is 0 Å². The normalized spacial score (nSPS) is 8.69. The van der Waals surface area contributed by atoms with Gasteiger partial charge in [-0.15, -0.1) is 0 Å². The van der Waals surface area contributed by atoms with E-state index >= 15 is 0 Å². The Morgan fingerprint density at radius 3 is 1.23 bits per heavy atom. The Hall–Kier alpha value is -1.89. The Kier molecular flexibility index (Phi) is 8.64. The molecule has 0 saturated carbocycles. The molecule has 0 radical (unpaired) electrons. The highest BCUT2D eigenvalue weighted by molar-refractivity contribution is 5.89. The summed E-state index contributed by atoms with van der Waals surface area (Å²) in [5, 5.41) is 30.6. The molecule has 0 aliphatic carbocycles. The molecule has 0 fully saturated rings. The van der Waals surface area contributed by atoms with Gasteiger partial charge >= 0.3 is 17.9 Å². The summed E-state index contributed by atoms with van der Waals surface area (Å²) in [6, 6.07) is 0. The van der Waals surface area contributed by atoms with E-state index in [0.29, 0.717) is 12.2 Å². The zero-order valence-electron chi connectivity index (χ0n) is 6.38. The Labute approximate surface area is 72.5 Å². The fourth-order valence-corrected chi connectivity index (χ4v) is 0.143. The minimum absolute atomic E-state index is 0.558. The first kappa shape index (κ1) is 13.7. The largest absolute Gasteiger partial charge is 0.480 e. The van der Waals surface area contributed by atoms with Crippen LogP contribution in [0.4, 0.5) is 0 Å². The van der Waals surface area contributed by atoms with Crippen LogP contribution in [-0.2, 0) is 14.4 Å². The lowest BCUT2D eigenvalue weighted by molar-refractivity contribution is -0.140. The van der Waals surface area contributed by atoms with Gasteiger partial charge in [0, 0.05) is 12.2 Å². The van der Waals surface area contributed by atoms with E-state index in [2.05, 4.69) is 0 Å². The average molecular weight is 192 g/mol. The van der Waals surface area contributed by atoms with Crippen molar-refractivity contribution in [2.24, 2.45) is 0 Å². The summed E-state index contributed by atoms with van der Waals surface area (Å²) in [5.41, 5.74) is 0. The topological polar surface area (TPSA) is 132 Å². The Morgan fingerprint density at radius 2 is 1.15 bits per heavy atom. The number of hydrogen-bond donors (Lipinski definition) is 4. The molecule has 0 aliphatic heterocycles. The summed E-state index contributed by atoms with van der Waals surface area (Å²) in [6.45, 7) is -0.778. The van der Waals surface area contributed by atoms with Gasteiger partial charge in [-0.05, 0) is 0 Å². The second-order valence-electron chi connectivity index (χ2n) is 1.56. The number of carboxylic acids is 3. The van der Waals surface area contributed by atoms with Gasteiger partial charge < -0.3 is 20.4 Å². The molecule has 0 aromatic carbocycles. The van der Waals surface area contributed by atoms with E-state index < -0.39 is 24.5 Å². The standard InChI is InChI=1S/C4H4O4.C2H4O3/c5-3(6)1-2-4(7)8;3-1-2(4)5/h1-2H,(H,5,6)(H,7,8);3H,1H2,(H,4,5). The molecule has 0 bridgehead atoms. The van der Waals surface area contributed by atoms with Gasteiger partial charge in [0.05, 0.1) is 0 Å². The van der Waals surface area contributed by atoms with Crippen LogP contribution in [0.5, 0.6) is 0 Å². The van der Waals surface area contributed by atoms with Crippen LogP contribution in [0.2, 0.25) is 0 Å². The van der Waals surface area contributed by atoms with E-state index in [-0.39, 0.29) is 0 Å². The summed E-state index contributed by atoms with van der Waals surface area (Å²) in [5.74, 6) is -3.70. The van der Waals surface area contributed by atoms with Crippen LogP contribution < -0.4 is 0 Å². The molecule has 0 spiro atoms. The number of rotatable bonds is 3. The molecule has 0 rings (SSSR count). The van der Waals surface area contributed by atoms with Crippen LogP contribution in [0.3, 0.4) is 0 Å². The molecule has 0 aromatic heterocycles. The van der Waals surface area contributed by atoms with Gasteiger partial charge in [0.25, 0.3) is 0 Å². The van der Waals surface area contributed by atoms with Crippen LogP contribution in [0, 0.1) is 0 Å². The minimum atomic E-state index is -1.26. The van der Waals surface area contributed by atoms with Crippen LogP contribution in [0.25, 0.3) is 0 Å². The maximum Gasteiger partial charge on any atom is 0.329 e. The third kappa shape index (κ3) is 25.5. The van der Waals surface area contributed by atoms with Crippen LogP contribution in [-0.4, -0.2) is 44.9 Å². The molecule has 0 aromatic rings. The van der Waals surface area contributed by atoms with E-state index in [4.69, 9.17) is 25.2 Å². The van der Waals surface area contributed by atoms with Gasteiger partial charge in [-0.1, -0.05) is 0 Å². The van der Waals surface area contributed by atoms with Crippen molar-refractivity contribution in [2.45, 2.75) is 0 Å². The van der Waals surface area contributed by atoms with Crippen molar-refractivity contribution < 1.29 is 34.8 Å². The number of hydrogen-bond acceptors (Lipinski definition) is 4. The molecule has 0 heterocycles. The fraction of sp³-hybridized carbons (Fsp3) is 0.167. The first-order valence-electron chi connectivity index (χ1n) is 2.86. The highest BCUT2D eigenvalue weighted by Crippen LogP contribution is 1.70. The summed E-state index contributed by atoms with van der Waals surface area (Å²) in [4.78, 5) is 28.2. The molecule has 7 nitrogen and oxygen atoms in total. The second kappa shape index (κ2) is 8.21. The van der Waals surface area contributed by atoms with Gasteiger partial charge in [-0.3, -0.25) is 0 Å². The van der Waals surface area contributed by atoms with Crippen LogP contribution >= 0.6 is 0 Å². The monoisotopic (exact) mass is 192 g/mol. The molecule has 4 N–H and O–H groups in total. The molecule has 0 atom stereocenters. The predicted molar refractivity (Wildman–Crippen MR) is 39.1 cm³/mol. The minimum Gasteiger partial charge on any atom is -0.480 e. The molecular formula is C6H8O7. The van der Waals surface area contributed by atoms with Crippen LogP contribution in [0.1, 0.15) is 0 Å². The van der Waals surface area contributed by atoms with Gasteiger partial charge in [0.1, 0.15) is 6.61 Å². The number of aliphatic hydroxyl groups is 1. The maximum absolute atomic E-state index is 9.55. The van der Waals surface area contributed by atoms with Crippen molar-refractivity contribution in [2.75, 3.05) is 6.61 Å². The highest BCUT2D eigenvalue weighted by Gasteiger charge is 1.88. The summed E-state index contributed by atoms with van der Waals surface area (Å²) in [6.07, 6.45) is 1.12. The number of aliphatic carboxylic acids is 3. The Bertz CT molecular complexity index is 201. The zero-order chi connectivity index (χ0) is 10.9. The summed E-state index contributed by atoms with van der Waals surface area (Å²) >= 11 is 0. The lowest BCUT2D eigenvalue weighted by atomic mass is 10.5. The first-order chi connectivity index (χ1) is 5.90. The van der Waals surface area contributed by atoms with E-state index in [1.165, 1.54) is 0 Å². The molecule has 0 saturated heterocycles. The van der Waals surface area contributed by atoms with E-state index in [1.54, 1.807) is 0 Å². The lowest BCUT2D eigenvalue weighted by Crippen LogP contribution is -1.98.